The van der Waals surface area contributed by atoms with Gasteiger partial charge in [-0.1, -0.05) is 12.1 Å². The molecule has 2 aromatic carbocycles. The second kappa shape index (κ2) is 7.71. The first-order chi connectivity index (χ1) is 13.2. The highest BCUT2D eigenvalue weighted by Crippen LogP contribution is 2.33. The van der Waals surface area contributed by atoms with E-state index in [2.05, 4.69) is 15.4 Å². The fourth-order valence-electron chi connectivity index (χ4n) is 2.54. The Labute approximate surface area is 159 Å². The van der Waals surface area contributed by atoms with Crippen LogP contribution in [-0.4, -0.2) is 27.3 Å². The quantitative estimate of drug-likeness (QED) is 0.717. The van der Waals surface area contributed by atoms with Crippen LogP contribution in [0.25, 0.3) is 5.69 Å². The predicted octanol–water partition coefficient (Wildman–Crippen LogP) is 3.92. The number of aromatic nitrogens is 3. The molecule has 0 spiro atoms. The van der Waals surface area contributed by atoms with Gasteiger partial charge in [0.2, 0.25) is 0 Å². The van der Waals surface area contributed by atoms with Crippen molar-refractivity contribution in [3.63, 3.8) is 0 Å². The molecule has 0 aliphatic rings. The first-order valence-electron chi connectivity index (χ1n) is 8.30. The highest BCUT2D eigenvalue weighted by atomic mass is 19.4. The van der Waals surface area contributed by atoms with Crippen LogP contribution in [0.2, 0.25) is 0 Å². The number of alkyl halides is 3. The van der Waals surface area contributed by atoms with E-state index in [9.17, 15) is 18.0 Å². The number of ether oxygens (including phenoxy) is 1. The minimum Gasteiger partial charge on any atom is -0.483 e. The molecule has 3 rings (SSSR count). The maximum Gasteiger partial charge on any atom is 0.416 e. The first-order valence-corrected chi connectivity index (χ1v) is 8.30. The van der Waals surface area contributed by atoms with Gasteiger partial charge in [0, 0.05) is 0 Å². The van der Waals surface area contributed by atoms with E-state index < -0.39 is 17.6 Å². The van der Waals surface area contributed by atoms with E-state index in [1.54, 1.807) is 6.07 Å². The lowest BCUT2D eigenvalue weighted by Crippen LogP contribution is -2.22. The maximum atomic E-state index is 13.1. The Bertz CT molecular complexity index is 985. The van der Waals surface area contributed by atoms with Gasteiger partial charge in [-0.2, -0.15) is 18.3 Å². The summed E-state index contributed by atoms with van der Waals surface area (Å²) >= 11 is 0. The molecule has 28 heavy (non-hydrogen) atoms. The van der Waals surface area contributed by atoms with Crippen molar-refractivity contribution in [1.82, 2.24) is 14.8 Å². The standard InChI is InChI=1S/C19H17F3N4O2/c1-12-3-4-13(2)17(7-12)28-9-18(27)25-15-8-14(19(20,21)22)5-6-16(15)26-11-23-10-24-26/h3-8,10-11H,9H2,1-2H3,(H,25,27). The number of benzene rings is 2. The molecule has 0 aliphatic heterocycles. The zero-order valence-electron chi connectivity index (χ0n) is 15.1. The molecule has 0 aliphatic carbocycles. The van der Waals surface area contributed by atoms with Crippen LogP contribution in [0.4, 0.5) is 18.9 Å². The average molecular weight is 390 g/mol. The molecule has 1 aromatic heterocycles. The fourth-order valence-corrected chi connectivity index (χ4v) is 2.54. The molecule has 1 amide bonds. The topological polar surface area (TPSA) is 69.0 Å². The van der Waals surface area contributed by atoms with Crippen molar-refractivity contribution in [2.75, 3.05) is 11.9 Å². The van der Waals surface area contributed by atoms with Gasteiger partial charge in [0.05, 0.1) is 16.9 Å². The van der Waals surface area contributed by atoms with Crippen LogP contribution < -0.4 is 10.1 Å². The molecule has 0 unspecified atom stereocenters. The van der Waals surface area contributed by atoms with Crippen molar-refractivity contribution in [2.24, 2.45) is 0 Å². The summed E-state index contributed by atoms with van der Waals surface area (Å²) in [5.74, 6) is -0.0581. The molecule has 6 nitrogen and oxygen atoms in total. The smallest absolute Gasteiger partial charge is 0.416 e. The number of hydrogen-bond donors (Lipinski definition) is 1. The molecule has 0 atom stereocenters. The Morgan fingerprint density at radius 3 is 2.64 bits per heavy atom. The monoisotopic (exact) mass is 390 g/mol. The van der Waals surface area contributed by atoms with E-state index in [1.165, 1.54) is 23.4 Å². The highest BCUT2D eigenvalue weighted by Gasteiger charge is 2.31. The van der Waals surface area contributed by atoms with Crippen molar-refractivity contribution in [3.8, 4) is 11.4 Å². The van der Waals surface area contributed by atoms with Gasteiger partial charge in [-0.05, 0) is 49.2 Å². The van der Waals surface area contributed by atoms with Crippen LogP contribution in [0.15, 0.2) is 49.1 Å². The summed E-state index contributed by atoms with van der Waals surface area (Å²) in [6, 6.07) is 8.55. The van der Waals surface area contributed by atoms with Crippen molar-refractivity contribution >= 4 is 11.6 Å². The Morgan fingerprint density at radius 1 is 1.18 bits per heavy atom. The Hall–Kier alpha value is -3.36. The van der Waals surface area contributed by atoms with E-state index in [0.29, 0.717) is 5.75 Å². The number of rotatable bonds is 5. The minimum absolute atomic E-state index is 0.0464. The molecule has 0 bridgehead atoms. The van der Waals surface area contributed by atoms with Gasteiger partial charge in [-0.3, -0.25) is 4.79 Å². The number of amides is 1. The number of carbonyl (C=O) groups excluding carboxylic acids is 1. The van der Waals surface area contributed by atoms with Crippen LogP contribution in [0.5, 0.6) is 5.75 Å². The van der Waals surface area contributed by atoms with E-state index in [1.807, 2.05) is 26.0 Å². The molecular formula is C19H17F3N4O2. The van der Waals surface area contributed by atoms with Crippen LogP contribution in [0.3, 0.4) is 0 Å². The van der Waals surface area contributed by atoms with E-state index >= 15 is 0 Å². The molecule has 146 valence electrons. The maximum absolute atomic E-state index is 13.1. The molecule has 3 aromatic rings. The number of aryl methyl sites for hydroxylation is 2. The van der Waals surface area contributed by atoms with Crippen LogP contribution in [-0.2, 0) is 11.0 Å². The SMILES string of the molecule is Cc1ccc(C)c(OCC(=O)Nc2cc(C(F)(F)F)ccc2-n2cncn2)c1. The van der Waals surface area contributed by atoms with Gasteiger partial charge in [-0.25, -0.2) is 9.67 Å². The molecule has 9 heteroatoms. The van der Waals surface area contributed by atoms with Gasteiger partial charge < -0.3 is 10.1 Å². The summed E-state index contributed by atoms with van der Waals surface area (Å²) in [5.41, 5.74) is 1.13. The summed E-state index contributed by atoms with van der Waals surface area (Å²) in [6.45, 7) is 3.37. The number of nitrogens with zero attached hydrogens (tertiary/aromatic N) is 3. The first kappa shape index (κ1) is 19.4. The molecule has 0 saturated carbocycles. The normalized spacial score (nSPS) is 11.3. The second-order valence-electron chi connectivity index (χ2n) is 6.18. The summed E-state index contributed by atoms with van der Waals surface area (Å²) in [6.07, 6.45) is -1.98. The molecule has 0 fully saturated rings. The fraction of sp³-hybridized carbons (Fsp3) is 0.211. The van der Waals surface area contributed by atoms with Gasteiger partial charge in [0.15, 0.2) is 6.61 Å². The third-order valence-electron chi connectivity index (χ3n) is 3.97. The number of anilines is 1. The zero-order chi connectivity index (χ0) is 20.3. The summed E-state index contributed by atoms with van der Waals surface area (Å²) in [5, 5.41) is 6.37. The van der Waals surface area contributed by atoms with Gasteiger partial charge in [0.1, 0.15) is 18.4 Å². The number of halogens is 3. The van der Waals surface area contributed by atoms with E-state index in [0.717, 1.165) is 23.3 Å². The molecule has 1 heterocycles. The van der Waals surface area contributed by atoms with Crippen LogP contribution in [0, 0.1) is 13.8 Å². The number of carbonyl (C=O) groups is 1. The predicted molar refractivity (Wildman–Crippen MR) is 96.4 cm³/mol. The highest BCUT2D eigenvalue weighted by molar-refractivity contribution is 5.94. The number of hydrogen-bond acceptors (Lipinski definition) is 4. The zero-order valence-corrected chi connectivity index (χ0v) is 15.1. The minimum atomic E-state index is -4.55. The molecule has 1 N–H and O–H groups in total. The molecule has 0 saturated heterocycles. The lowest BCUT2D eigenvalue weighted by Gasteiger charge is -2.15. The van der Waals surface area contributed by atoms with Gasteiger partial charge in [0.25, 0.3) is 5.91 Å². The Balaban J connectivity index is 1.81. The molecule has 0 radical (unpaired) electrons. The lowest BCUT2D eigenvalue weighted by molar-refractivity contribution is -0.137. The molecular weight excluding hydrogens is 373 g/mol. The van der Waals surface area contributed by atoms with Gasteiger partial charge >= 0.3 is 6.18 Å². The third-order valence-corrected chi connectivity index (χ3v) is 3.97. The van der Waals surface area contributed by atoms with Crippen molar-refractivity contribution in [1.29, 1.82) is 0 Å². The van der Waals surface area contributed by atoms with Crippen molar-refractivity contribution in [2.45, 2.75) is 20.0 Å². The van der Waals surface area contributed by atoms with Crippen LogP contribution in [0.1, 0.15) is 16.7 Å². The summed E-state index contributed by atoms with van der Waals surface area (Å²) in [4.78, 5) is 16.1. The average Bonchev–Trinajstić information content (AvgIpc) is 3.16. The Kier molecular flexibility index (Phi) is 5.34. The second-order valence-corrected chi connectivity index (χ2v) is 6.18. The van der Waals surface area contributed by atoms with Gasteiger partial charge in [-0.15, -0.1) is 0 Å². The van der Waals surface area contributed by atoms with Crippen molar-refractivity contribution < 1.29 is 22.7 Å². The number of nitrogens with one attached hydrogen (secondary N) is 1. The van der Waals surface area contributed by atoms with E-state index in [4.69, 9.17) is 4.74 Å². The summed E-state index contributed by atoms with van der Waals surface area (Å²) in [7, 11) is 0. The summed E-state index contributed by atoms with van der Waals surface area (Å²) < 4.78 is 46.0. The van der Waals surface area contributed by atoms with E-state index in [-0.39, 0.29) is 18.0 Å². The van der Waals surface area contributed by atoms with Crippen molar-refractivity contribution in [3.05, 3.63) is 65.7 Å². The largest absolute Gasteiger partial charge is 0.483 e. The van der Waals surface area contributed by atoms with Crippen LogP contribution >= 0.6 is 0 Å². The Morgan fingerprint density at radius 2 is 1.96 bits per heavy atom. The lowest BCUT2D eigenvalue weighted by atomic mass is 10.1. The third kappa shape index (κ3) is 4.48.